The summed E-state index contributed by atoms with van der Waals surface area (Å²) in [5.74, 6) is 0.674. The second-order valence-electron chi connectivity index (χ2n) is 4.53. The maximum atomic E-state index is 11.3. The van der Waals surface area contributed by atoms with Crippen molar-refractivity contribution < 1.29 is 8.42 Å². The highest BCUT2D eigenvalue weighted by molar-refractivity contribution is 7.88. The zero-order valence-corrected chi connectivity index (χ0v) is 11.3. The number of hydrogen-bond donors (Lipinski definition) is 3. The van der Waals surface area contributed by atoms with Gasteiger partial charge in [-0.05, 0) is 18.8 Å². The van der Waals surface area contributed by atoms with E-state index in [1.54, 1.807) is 7.05 Å². The highest BCUT2D eigenvalue weighted by atomic mass is 32.2. The molecule has 0 heterocycles. The molecule has 100 valence electrons. The predicted octanol–water partition coefficient (Wildman–Crippen LogP) is -0.371. The molecular weight excluding hydrogens is 240 g/mol. The van der Waals surface area contributed by atoms with E-state index in [0.29, 0.717) is 12.5 Å². The molecule has 1 aliphatic rings. The fraction of sp³-hybridized carbons (Fsp3) is 0.900. The highest BCUT2D eigenvalue weighted by Gasteiger charge is 2.27. The Morgan fingerprint density at radius 3 is 2.65 bits per heavy atom. The van der Waals surface area contributed by atoms with Crippen LogP contribution in [0.4, 0.5) is 0 Å². The Morgan fingerprint density at radius 2 is 2.06 bits per heavy atom. The lowest BCUT2D eigenvalue weighted by atomic mass is 9.85. The first-order chi connectivity index (χ1) is 7.92. The van der Waals surface area contributed by atoms with Gasteiger partial charge in [0, 0.05) is 19.6 Å². The van der Waals surface area contributed by atoms with Gasteiger partial charge < -0.3 is 11.1 Å². The predicted molar refractivity (Wildman–Crippen MR) is 69.3 cm³/mol. The van der Waals surface area contributed by atoms with Crippen LogP contribution in [0, 0.1) is 5.92 Å². The Kier molecular flexibility index (Phi) is 5.20. The van der Waals surface area contributed by atoms with Crippen molar-refractivity contribution in [1.29, 1.82) is 0 Å². The van der Waals surface area contributed by atoms with E-state index in [1.165, 1.54) is 6.26 Å². The quantitative estimate of drug-likeness (QED) is 0.475. The van der Waals surface area contributed by atoms with Crippen LogP contribution in [0.3, 0.4) is 0 Å². The van der Waals surface area contributed by atoms with Crippen molar-refractivity contribution in [3.8, 4) is 0 Å². The number of nitrogens with two attached hydrogens (primary N) is 1. The standard InChI is InChI=1S/C10H22N4O2S/c1-12-10(11)13-7-8-5-3-4-6-9(8)14-17(2,15)16/h8-9,14H,3-7H2,1-2H3,(H3,11,12,13). The second kappa shape index (κ2) is 6.20. The zero-order chi connectivity index (χ0) is 12.9. The summed E-state index contributed by atoms with van der Waals surface area (Å²) >= 11 is 0. The monoisotopic (exact) mass is 262 g/mol. The van der Waals surface area contributed by atoms with Gasteiger partial charge >= 0.3 is 0 Å². The van der Waals surface area contributed by atoms with E-state index in [0.717, 1.165) is 25.7 Å². The summed E-state index contributed by atoms with van der Waals surface area (Å²) in [5.41, 5.74) is 5.56. The van der Waals surface area contributed by atoms with Gasteiger partial charge in [-0.25, -0.2) is 13.1 Å². The van der Waals surface area contributed by atoms with Gasteiger partial charge in [-0.1, -0.05) is 12.8 Å². The van der Waals surface area contributed by atoms with Gasteiger partial charge in [-0.15, -0.1) is 0 Å². The smallest absolute Gasteiger partial charge is 0.208 e. The van der Waals surface area contributed by atoms with Gasteiger partial charge in [0.15, 0.2) is 5.96 Å². The third-order valence-corrected chi connectivity index (χ3v) is 3.79. The Hall–Kier alpha value is -0.820. The molecule has 2 unspecified atom stereocenters. The lowest BCUT2D eigenvalue weighted by molar-refractivity contribution is 0.289. The lowest BCUT2D eigenvalue weighted by Crippen LogP contribution is -2.47. The maximum absolute atomic E-state index is 11.3. The molecule has 0 saturated heterocycles. The number of hydrogen-bond acceptors (Lipinski definition) is 3. The van der Waals surface area contributed by atoms with E-state index in [4.69, 9.17) is 5.73 Å². The molecule has 4 N–H and O–H groups in total. The van der Waals surface area contributed by atoms with E-state index >= 15 is 0 Å². The molecule has 0 aromatic heterocycles. The minimum Gasteiger partial charge on any atom is -0.370 e. The Labute approximate surface area is 103 Å². The highest BCUT2D eigenvalue weighted by Crippen LogP contribution is 2.24. The number of rotatable bonds is 4. The molecule has 1 aliphatic carbocycles. The van der Waals surface area contributed by atoms with Crippen molar-refractivity contribution in [3.05, 3.63) is 0 Å². The summed E-state index contributed by atoms with van der Waals surface area (Å²) < 4.78 is 25.2. The molecule has 0 aromatic rings. The SMILES string of the molecule is CN=C(N)NCC1CCCCC1NS(C)(=O)=O. The van der Waals surface area contributed by atoms with Crippen molar-refractivity contribution >= 4 is 16.0 Å². The summed E-state index contributed by atoms with van der Waals surface area (Å²) in [6.07, 6.45) is 5.31. The molecule has 1 saturated carbocycles. The number of nitrogens with zero attached hydrogens (tertiary/aromatic N) is 1. The van der Waals surface area contributed by atoms with Gasteiger partial charge in [0.25, 0.3) is 0 Å². The fourth-order valence-corrected chi connectivity index (χ4v) is 3.06. The van der Waals surface area contributed by atoms with Crippen molar-refractivity contribution in [2.45, 2.75) is 31.7 Å². The molecule has 17 heavy (non-hydrogen) atoms. The van der Waals surface area contributed by atoms with Gasteiger partial charge in [0.2, 0.25) is 10.0 Å². The molecule has 0 aromatic carbocycles. The van der Waals surface area contributed by atoms with Crippen LogP contribution in [0.5, 0.6) is 0 Å². The van der Waals surface area contributed by atoms with E-state index in [9.17, 15) is 8.42 Å². The molecule has 1 fully saturated rings. The molecule has 0 radical (unpaired) electrons. The van der Waals surface area contributed by atoms with Crippen molar-refractivity contribution in [3.63, 3.8) is 0 Å². The van der Waals surface area contributed by atoms with Gasteiger partial charge in [0.1, 0.15) is 0 Å². The summed E-state index contributed by atoms with van der Waals surface area (Å²) in [5, 5.41) is 3.01. The molecule has 0 amide bonds. The lowest BCUT2D eigenvalue weighted by Gasteiger charge is -2.31. The van der Waals surface area contributed by atoms with E-state index < -0.39 is 10.0 Å². The summed E-state index contributed by atoms with van der Waals surface area (Å²) in [4.78, 5) is 3.82. The molecular formula is C10H22N4O2S. The minimum absolute atomic E-state index is 0.0101. The molecule has 1 rings (SSSR count). The van der Waals surface area contributed by atoms with Crippen LogP contribution in [0.25, 0.3) is 0 Å². The first kappa shape index (κ1) is 14.2. The molecule has 6 nitrogen and oxygen atoms in total. The van der Waals surface area contributed by atoms with Gasteiger partial charge in [-0.3, -0.25) is 4.99 Å². The average Bonchev–Trinajstić information content (AvgIpc) is 2.25. The Bertz CT molecular complexity index is 367. The molecule has 0 bridgehead atoms. The van der Waals surface area contributed by atoms with Crippen LogP contribution in [-0.2, 0) is 10.0 Å². The third kappa shape index (κ3) is 5.36. The largest absolute Gasteiger partial charge is 0.370 e. The zero-order valence-electron chi connectivity index (χ0n) is 10.4. The van der Waals surface area contributed by atoms with Crippen molar-refractivity contribution in [2.24, 2.45) is 16.6 Å². The van der Waals surface area contributed by atoms with E-state index in [2.05, 4.69) is 15.0 Å². The summed E-state index contributed by atoms with van der Waals surface area (Å²) in [6.45, 7) is 0.663. The number of nitrogens with one attached hydrogen (secondary N) is 2. The maximum Gasteiger partial charge on any atom is 0.208 e. The molecule has 0 aliphatic heterocycles. The molecule has 2 atom stereocenters. The average molecular weight is 262 g/mol. The normalized spacial score (nSPS) is 26.8. The van der Waals surface area contributed by atoms with Crippen LogP contribution >= 0.6 is 0 Å². The first-order valence-corrected chi connectivity index (χ1v) is 7.75. The minimum atomic E-state index is -3.14. The van der Waals surface area contributed by atoms with Gasteiger partial charge in [-0.2, -0.15) is 0 Å². The Morgan fingerprint density at radius 1 is 1.41 bits per heavy atom. The van der Waals surface area contributed by atoms with Crippen LogP contribution < -0.4 is 15.8 Å². The first-order valence-electron chi connectivity index (χ1n) is 5.86. The van der Waals surface area contributed by atoms with Crippen molar-refractivity contribution in [1.82, 2.24) is 10.0 Å². The number of guanidine groups is 1. The van der Waals surface area contributed by atoms with Crippen LogP contribution in [-0.4, -0.2) is 40.3 Å². The van der Waals surface area contributed by atoms with Gasteiger partial charge in [0.05, 0.1) is 6.26 Å². The topological polar surface area (TPSA) is 96.6 Å². The Balaban J connectivity index is 2.54. The number of sulfonamides is 1. The van der Waals surface area contributed by atoms with Crippen LogP contribution in [0.1, 0.15) is 25.7 Å². The molecule has 7 heteroatoms. The fourth-order valence-electron chi connectivity index (χ4n) is 2.20. The summed E-state index contributed by atoms with van der Waals surface area (Å²) in [7, 11) is -1.52. The van der Waals surface area contributed by atoms with E-state index in [-0.39, 0.29) is 12.0 Å². The van der Waals surface area contributed by atoms with Crippen LogP contribution in [0.15, 0.2) is 4.99 Å². The van der Waals surface area contributed by atoms with E-state index in [1.807, 2.05) is 0 Å². The van der Waals surface area contributed by atoms with Crippen LogP contribution in [0.2, 0.25) is 0 Å². The second-order valence-corrected chi connectivity index (χ2v) is 6.31. The third-order valence-electron chi connectivity index (χ3n) is 3.06. The molecule has 0 spiro atoms. The number of aliphatic imine (C=N–C) groups is 1. The van der Waals surface area contributed by atoms with Crippen molar-refractivity contribution in [2.75, 3.05) is 19.8 Å². The summed E-state index contributed by atoms with van der Waals surface area (Å²) in [6, 6.07) is 0.0101.